The Labute approximate surface area is 132 Å². The summed E-state index contributed by atoms with van der Waals surface area (Å²) in [5, 5.41) is 0. The molecule has 2 aromatic carbocycles. The summed E-state index contributed by atoms with van der Waals surface area (Å²) >= 11 is 0. The Morgan fingerprint density at radius 1 is 1.09 bits per heavy atom. The predicted octanol–water partition coefficient (Wildman–Crippen LogP) is 5.69. The van der Waals surface area contributed by atoms with Crippen molar-refractivity contribution in [3.05, 3.63) is 54.1 Å². The molecule has 120 valence electrons. The molecule has 0 radical (unpaired) electrons. The zero-order valence-corrected chi connectivity index (χ0v) is 12.9. The third-order valence-corrected chi connectivity index (χ3v) is 4.08. The number of hydrogen-bond donors (Lipinski definition) is 0. The summed E-state index contributed by atoms with van der Waals surface area (Å²) in [5.74, 6) is 0.703. The first-order valence-electron chi connectivity index (χ1n) is 7.56. The normalized spacial score (nSPS) is 13.4. The van der Waals surface area contributed by atoms with Crippen LogP contribution in [-0.2, 0) is 6.18 Å². The van der Waals surface area contributed by atoms with Crippen LogP contribution in [0.2, 0.25) is 0 Å². The van der Waals surface area contributed by atoms with E-state index >= 15 is 0 Å². The molecule has 0 fully saturated rings. The van der Waals surface area contributed by atoms with Crippen LogP contribution >= 0.6 is 0 Å². The molecule has 0 aliphatic heterocycles. The number of benzene rings is 2. The summed E-state index contributed by atoms with van der Waals surface area (Å²) in [4.78, 5) is 4.49. The highest BCUT2D eigenvalue weighted by Crippen LogP contribution is 2.34. The Balaban J connectivity index is 2.26. The lowest BCUT2D eigenvalue weighted by atomic mass is 10.1. The molecule has 0 aliphatic rings. The topological polar surface area (TPSA) is 17.8 Å². The second-order valence-electron chi connectivity index (χ2n) is 5.63. The molecule has 0 saturated heterocycles. The Bertz CT molecular complexity index is 819. The predicted molar refractivity (Wildman–Crippen MR) is 85.2 cm³/mol. The summed E-state index contributed by atoms with van der Waals surface area (Å²) in [6, 6.07) is 13.5. The Morgan fingerprint density at radius 3 is 2.39 bits per heavy atom. The van der Waals surface area contributed by atoms with Crippen molar-refractivity contribution in [2.24, 2.45) is 0 Å². The van der Waals surface area contributed by atoms with Gasteiger partial charge in [0.2, 0.25) is 0 Å². The molecule has 1 heterocycles. The Morgan fingerprint density at radius 2 is 1.78 bits per heavy atom. The molecule has 0 aliphatic carbocycles. The summed E-state index contributed by atoms with van der Waals surface area (Å²) in [6.45, 7) is 4.10. The molecule has 1 atom stereocenters. The zero-order chi connectivity index (χ0) is 16.6. The maximum absolute atomic E-state index is 12.9. The first kappa shape index (κ1) is 15.6. The van der Waals surface area contributed by atoms with E-state index in [1.807, 2.05) is 41.8 Å². The van der Waals surface area contributed by atoms with Crippen LogP contribution in [-0.4, -0.2) is 9.55 Å². The molecule has 3 aromatic rings. The van der Waals surface area contributed by atoms with E-state index in [4.69, 9.17) is 0 Å². The van der Waals surface area contributed by atoms with Crippen LogP contribution in [0, 0.1) is 0 Å². The zero-order valence-electron chi connectivity index (χ0n) is 12.9. The minimum absolute atomic E-state index is 0.145. The molecule has 2 nitrogen and oxygen atoms in total. The van der Waals surface area contributed by atoms with Gasteiger partial charge in [-0.25, -0.2) is 4.98 Å². The average Bonchev–Trinajstić information content (AvgIpc) is 2.92. The lowest BCUT2D eigenvalue weighted by Crippen LogP contribution is -2.07. The van der Waals surface area contributed by atoms with Crippen molar-refractivity contribution in [3.63, 3.8) is 0 Å². The van der Waals surface area contributed by atoms with Gasteiger partial charge in [0.05, 0.1) is 16.6 Å². The van der Waals surface area contributed by atoms with E-state index in [0.29, 0.717) is 11.3 Å². The Kier molecular flexibility index (Phi) is 3.88. The highest BCUT2D eigenvalue weighted by Gasteiger charge is 2.31. The van der Waals surface area contributed by atoms with E-state index in [1.54, 1.807) is 0 Å². The number of hydrogen-bond acceptors (Lipinski definition) is 1. The molecule has 0 bridgehead atoms. The minimum Gasteiger partial charge on any atom is -0.321 e. The molecule has 5 heteroatoms. The fourth-order valence-electron chi connectivity index (χ4n) is 2.69. The smallest absolute Gasteiger partial charge is 0.321 e. The summed E-state index contributed by atoms with van der Waals surface area (Å²) < 4.78 is 40.8. The van der Waals surface area contributed by atoms with E-state index < -0.39 is 11.7 Å². The van der Waals surface area contributed by atoms with Gasteiger partial charge in [-0.15, -0.1) is 0 Å². The van der Waals surface area contributed by atoms with E-state index in [2.05, 4.69) is 11.9 Å². The third-order valence-electron chi connectivity index (χ3n) is 4.08. The van der Waals surface area contributed by atoms with Crippen molar-refractivity contribution in [3.8, 4) is 11.4 Å². The van der Waals surface area contributed by atoms with Crippen LogP contribution < -0.4 is 0 Å². The van der Waals surface area contributed by atoms with Crippen LogP contribution in [0.25, 0.3) is 22.4 Å². The van der Waals surface area contributed by atoms with Crippen molar-refractivity contribution < 1.29 is 13.2 Å². The monoisotopic (exact) mass is 318 g/mol. The molecule has 23 heavy (non-hydrogen) atoms. The van der Waals surface area contributed by atoms with E-state index in [0.717, 1.165) is 29.6 Å². The van der Waals surface area contributed by atoms with Crippen LogP contribution in [0.15, 0.2) is 48.5 Å². The molecular weight excluding hydrogens is 301 g/mol. The number of imidazole rings is 1. The van der Waals surface area contributed by atoms with Gasteiger partial charge in [0.25, 0.3) is 0 Å². The highest BCUT2D eigenvalue weighted by molar-refractivity contribution is 5.81. The second-order valence-corrected chi connectivity index (χ2v) is 5.63. The van der Waals surface area contributed by atoms with Crippen molar-refractivity contribution >= 4 is 11.0 Å². The molecule has 3 rings (SSSR count). The molecule has 0 spiro atoms. The molecule has 1 unspecified atom stereocenters. The van der Waals surface area contributed by atoms with Crippen LogP contribution in [0.1, 0.15) is 31.9 Å². The number of nitrogens with zero attached hydrogens (tertiary/aromatic N) is 2. The van der Waals surface area contributed by atoms with Gasteiger partial charge in [-0.1, -0.05) is 37.3 Å². The van der Waals surface area contributed by atoms with Gasteiger partial charge in [0.1, 0.15) is 5.82 Å². The second kappa shape index (κ2) is 5.72. The maximum Gasteiger partial charge on any atom is 0.416 e. The SMILES string of the molecule is CCC(C)n1c(-c2ccccc2)nc2cc(C(F)(F)F)ccc21. The minimum atomic E-state index is -4.36. The number of alkyl halides is 3. The van der Waals surface area contributed by atoms with Crippen LogP contribution in [0.4, 0.5) is 13.2 Å². The third kappa shape index (κ3) is 2.83. The fraction of sp³-hybridized carbons (Fsp3) is 0.278. The van der Waals surface area contributed by atoms with Gasteiger partial charge >= 0.3 is 6.18 Å². The summed E-state index contributed by atoms with van der Waals surface area (Å²) in [7, 11) is 0. The van der Waals surface area contributed by atoms with Crippen molar-refractivity contribution in [2.45, 2.75) is 32.5 Å². The Hall–Kier alpha value is -2.30. The first-order valence-corrected chi connectivity index (χ1v) is 7.56. The number of halogens is 3. The molecule has 0 N–H and O–H groups in total. The molecule has 0 amide bonds. The van der Waals surface area contributed by atoms with Crippen LogP contribution in [0.5, 0.6) is 0 Å². The molecule has 0 saturated carbocycles. The van der Waals surface area contributed by atoms with Gasteiger partial charge in [0.15, 0.2) is 0 Å². The van der Waals surface area contributed by atoms with E-state index in [1.165, 1.54) is 6.07 Å². The highest BCUT2D eigenvalue weighted by atomic mass is 19.4. The van der Waals surface area contributed by atoms with Gasteiger partial charge in [-0.3, -0.25) is 0 Å². The number of aromatic nitrogens is 2. The molecule has 1 aromatic heterocycles. The molecular formula is C18H17F3N2. The van der Waals surface area contributed by atoms with Gasteiger partial charge in [0, 0.05) is 11.6 Å². The number of fused-ring (bicyclic) bond motifs is 1. The van der Waals surface area contributed by atoms with Crippen molar-refractivity contribution in [1.82, 2.24) is 9.55 Å². The fourth-order valence-corrected chi connectivity index (χ4v) is 2.69. The summed E-state index contributed by atoms with van der Waals surface area (Å²) in [5.41, 5.74) is 1.33. The van der Waals surface area contributed by atoms with Crippen LogP contribution in [0.3, 0.4) is 0 Å². The lowest BCUT2D eigenvalue weighted by Gasteiger charge is -2.16. The standard InChI is InChI=1S/C18H17F3N2/c1-3-12(2)23-16-10-9-14(18(19,20)21)11-15(16)22-17(23)13-7-5-4-6-8-13/h4-12H,3H2,1-2H3. The lowest BCUT2D eigenvalue weighted by molar-refractivity contribution is -0.137. The van der Waals surface area contributed by atoms with Crippen molar-refractivity contribution in [2.75, 3.05) is 0 Å². The first-order chi connectivity index (χ1) is 10.9. The maximum atomic E-state index is 12.9. The van der Waals surface area contributed by atoms with Gasteiger partial charge < -0.3 is 4.57 Å². The van der Waals surface area contributed by atoms with E-state index in [-0.39, 0.29) is 6.04 Å². The van der Waals surface area contributed by atoms with Crippen molar-refractivity contribution in [1.29, 1.82) is 0 Å². The van der Waals surface area contributed by atoms with E-state index in [9.17, 15) is 13.2 Å². The largest absolute Gasteiger partial charge is 0.416 e. The van der Waals surface area contributed by atoms with Gasteiger partial charge in [-0.2, -0.15) is 13.2 Å². The number of rotatable bonds is 3. The average molecular weight is 318 g/mol. The summed E-state index contributed by atoms with van der Waals surface area (Å²) in [6.07, 6.45) is -3.49. The quantitative estimate of drug-likeness (QED) is 0.606. The van der Waals surface area contributed by atoms with Gasteiger partial charge in [-0.05, 0) is 31.5 Å².